The first-order chi connectivity index (χ1) is 12.8. The van der Waals surface area contributed by atoms with Crippen molar-refractivity contribution in [1.29, 1.82) is 0 Å². The van der Waals surface area contributed by atoms with Gasteiger partial charge in [0.2, 0.25) is 5.88 Å². The lowest BCUT2D eigenvalue weighted by molar-refractivity contribution is -0.386. The first-order valence-corrected chi connectivity index (χ1v) is 8.58. The summed E-state index contributed by atoms with van der Waals surface area (Å²) in [4.78, 5) is 9.27. The van der Waals surface area contributed by atoms with Gasteiger partial charge in [-0.05, 0) is 17.7 Å². The van der Waals surface area contributed by atoms with Crippen LogP contribution < -0.4 is 22.9 Å². The van der Waals surface area contributed by atoms with Gasteiger partial charge in [-0.15, -0.1) is 0 Å². The zero-order valence-corrected chi connectivity index (χ0v) is 15.8. The van der Waals surface area contributed by atoms with Crippen molar-refractivity contribution in [3.63, 3.8) is 0 Å². The van der Waals surface area contributed by atoms with Crippen LogP contribution in [-0.4, -0.2) is 17.1 Å². The van der Waals surface area contributed by atoms with E-state index in [4.69, 9.17) is 9.72 Å². The van der Waals surface area contributed by atoms with Crippen LogP contribution in [0.1, 0.15) is 5.56 Å². The van der Waals surface area contributed by atoms with Crippen molar-refractivity contribution in [3.8, 4) is 28.3 Å². The van der Waals surface area contributed by atoms with Crippen LogP contribution in [-0.2, 0) is 6.54 Å². The third kappa shape index (κ3) is 3.63. The Morgan fingerprint density at radius 1 is 0.926 bits per heavy atom. The Bertz CT molecular complexity index is 1050. The normalized spacial score (nSPS) is 10.4. The molecule has 0 fully saturated rings. The van der Waals surface area contributed by atoms with Gasteiger partial charge in [0.05, 0.1) is 30.3 Å². The highest BCUT2D eigenvalue weighted by Crippen LogP contribution is 2.35. The minimum absolute atomic E-state index is 0. The highest BCUT2D eigenvalue weighted by Gasteiger charge is 2.14. The average Bonchev–Trinajstić information content (AvgIpc) is 2.73. The first-order valence-electron chi connectivity index (χ1n) is 8.58. The quantitative estimate of drug-likeness (QED) is 0.570. The maximum absolute atomic E-state index is 5.44. The zero-order chi connectivity index (χ0) is 17.9. The molecule has 2 heterocycles. The van der Waals surface area contributed by atoms with E-state index in [1.165, 1.54) is 5.56 Å². The number of benzene rings is 2. The summed E-state index contributed by atoms with van der Waals surface area (Å²) in [7, 11) is 1.63. The minimum Gasteiger partial charge on any atom is -1.00 e. The van der Waals surface area contributed by atoms with Crippen molar-refractivity contribution >= 4 is 10.9 Å². The van der Waals surface area contributed by atoms with Crippen molar-refractivity contribution in [3.05, 3.63) is 78.5 Å². The van der Waals surface area contributed by atoms with Crippen molar-refractivity contribution < 1.29 is 22.9 Å². The van der Waals surface area contributed by atoms with Gasteiger partial charge in [-0.3, -0.25) is 0 Å². The fourth-order valence-electron chi connectivity index (χ4n) is 3.12. The van der Waals surface area contributed by atoms with E-state index < -0.39 is 0 Å². The largest absolute Gasteiger partial charge is 1.00 e. The van der Waals surface area contributed by atoms with Gasteiger partial charge in [-0.1, -0.05) is 54.6 Å². The zero-order valence-electron chi connectivity index (χ0n) is 15.0. The summed E-state index contributed by atoms with van der Waals surface area (Å²) in [5.74, 6) is 0.589. The molecule has 4 aromatic rings. The summed E-state index contributed by atoms with van der Waals surface area (Å²) >= 11 is 0. The number of hydrogen-bond donors (Lipinski definition) is 1. The number of pyridine rings is 2. The molecule has 0 amide bonds. The van der Waals surface area contributed by atoms with Crippen LogP contribution in [0.25, 0.3) is 33.3 Å². The molecule has 0 unspecified atom stereocenters. The Labute approximate surface area is 164 Å². The van der Waals surface area contributed by atoms with Crippen LogP contribution in [0.2, 0.25) is 0 Å². The Balaban J connectivity index is 0.00000210. The lowest BCUT2D eigenvalue weighted by Gasteiger charge is -2.13. The molecular formula is C22H20ClN3O. The molecule has 0 aliphatic heterocycles. The molecule has 27 heavy (non-hydrogen) atoms. The molecule has 2 aromatic carbocycles. The Hall–Kier alpha value is -2.95. The van der Waals surface area contributed by atoms with E-state index in [0.717, 1.165) is 39.8 Å². The maximum Gasteiger partial charge on any atom is 0.222 e. The highest BCUT2D eigenvalue weighted by molar-refractivity contribution is 5.93. The van der Waals surface area contributed by atoms with E-state index in [0.29, 0.717) is 5.88 Å². The van der Waals surface area contributed by atoms with E-state index in [2.05, 4.69) is 53.2 Å². The molecule has 0 spiro atoms. The number of ether oxygens (including phenoxy) is 1. The number of hydrogen-bond acceptors (Lipinski definition) is 3. The molecule has 4 nitrogen and oxygen atoms in total. The minimum atomic E-state index is 0. The molecule has 136 valence electrons. The number of rotatable bonds is 4. The summed E-state index contributed by atoms with van der Waals surface area (Å²) in [5, 5.41) is 0.909. The van der Waals surface area contributed by atoms with Crippen molar-refractivity contribution in [1.82, 2.24) is 9.97 Å². The third-order valence-corrected chi connectivity index (χ3v) is 4.50. The lowest BCUT2D eigenvalue weighted by Crippen LogP contribution is -3.00. The van der Waals surface area contributed by atoms with Crippen LogP contribution in [0.15, 0.2) is 72.9 Å². The van der Waals surface area contributed by atoms with E-state index >= 15 is 0 Å². The molecule has 0 aliphatic carbocycles. The van der Waals surface area contributed by atoms with Gasteiger partial charge >= 0.3 is 0 Å². The van der Waals surface area contributed by atoms with E-state index in [1.807, 2.05) is 24.3 Å². The molecule has 5 heteroatoms. The Morgan fingerprint density at radius 3 is 2.33 bits per heavy atom. The van der Waals surface area contributed by atoms with Gasteiger partial charge in [0, 0.05) is 22.9 Å². The van der Waals surface area contributed by atoms with Crippen LogP contribution in [0.5, 0.6) is 5.88 Å². The van der Waals surface area contributed by atoms with E-state index in [-0.39, 0.29) is 12.4 Å². The van der Waals surface area contributed by atoms with E-state index in [1.54, 1.807) is 13.3 Å². The Morgan fingerprint density at radius 2 is 1.67 bits per heavy atom. The first kappa shape index (κ1) is 18.8. The SMILES string of the molecule is COc1nccc2nc(-c3ccc(C[NH3+])cc3)c(-c3ccccc3)cc12.[Cl-]. The monoisotopic (exact) mass is 377 g/mol. The average molecular weight is 378 g/mol. The topological polar surface area (TPSA) is 62.7 Å². The fraction of sp³-hybridized carbons (Fsp3) is 0.0909. The van der Waals surface area contributed by atoms with Crippen molar-refractivity contribution in [2.24, 2.45) is 0 Å². The second-order valence-electron chi connectivity index (χ2n) is 6.08. The summed E-state index contributed by atoms with van der Waals surface area (Å²) in [6.45, 7) is 0.778. The fourth-order valence-corrected chi connectivity index (χ4v) is 3.12. The summed E-state index contributed by atoms with van der Waals surface area (Å²) < 4.78 is 5.44. The number of fused-ring (bicyclic) bond motifs is 1. The number of halogens is 1. The number of quaternary nitrogens is 1. The highest BCUT2D eigenvalue weighted by atomic mass is 35.5. The van der Waals surface area contributed by atoms with Gasteiger partial charge in [-0.2, -0.15) is 0 Å². The van der Waals surface area contributed by atoms with Gasteiger partial charge in [0.15, 0.2) is 0 Å². The predicted molar refractivity (Wildman–Crippen MR) is 104 cm³/mol. The molecule has 3 N–H and O–H groups in total. The van der Waals surface area contributed by atoms with Gasteiger partial charge in [-0.25, -0.2) is 9.97 Å². The predicted octanol–water partition coefficient (Wildman–Crippen LogP) is 0.718. The van der Waals surface area contributed by atoms with Gasteiger partial charge < -0.3 is 22.9 Å². The smallest absolute Gasteiger partial charge is 0.222 e. The van der Waals surface area contributed by atoms with Gasteiger partial charge in [0.1, 0.15) is 0 Å². The van der Waals surface area contributed by atoms with Crippen LogP contribution in [0.3, 0.4) is 0 Å². The lowest BCUT2D eigenvalue weighted by atomic mass is 9.97. The second kappa shape index (κ2) is 8.16. The second-order valence-corrected chi connectivity index (χ2v) is 6.08. The number of nitrogens with zero attached hydrogens (tertiary/aromatic N) is 2. The molecule has 0 saturated carbocycles. The maximum atomic E-state index is 5.44. The summed E-state index contributed by atoms with van der Waals surface area (Å²) in [6, 6.07) is 22.8. The standard InChI is InChI=1S/C22H19N3O.ClH/c1-26-22-19-13-18(16-5-3-2-4-6-16)21(25-20(19)11-12-24-22)17-9-7-15(14-23)8-10-17;/h2-13H,14,23H2,1H3;1H. The Kier molecular flexibility index (Phi) is 5.69. The molecule has 0 saturated heterocycles. The van der Waals surface area contributed by atoms with Crippen LogP contribution in [0.4, 0.5) is 0 Å². The summed E-state index contributed by atoms with van der Waals surface area (Å²) in [5.41, 5.74) is 10.2. The molecule has 0 aliphatic rings. The third-order valence-electron chi connectivity index (χ3n) is 4.50. The summed E-state index contributed by atoms with van der Waals surface area (Å²) in [6.07, 6.45) is 1.73. The molecule has 4 rings (SSSR count). The van der Waals surface area contributed by atoms with E-state index in [9.17, 15) is 0 Å². The molecule has 0 bridgehead atoms. The van der Waals surface area contributed by atoms with Crippen molar-refractivity contribution in [2.75, 3.05) is 7.11 Å². The number of methoxy groups -OCH3 is 1. The molecule has 0 atom stereocenters. The van der Waals surface area contributed by atoms with Crippen molar-refractivity contribution in [2.45, 2.75) is 6.54 Å². The number of aromatic nitrogens is 2. The molecule has 0 radical (unpaired) electrons. The molecule has 2 aromatic heterocycles. The van der Waals surface area contributed by atoms with Gasteiger partial charge in [0.25, 0.3) is 0 Å². The molecular weight excluding hydrogens is 358 g/mol. The van der Waals surface area contributed by atoms with Crippen LogP contribution >= 0.6 is 0 Å². The van der Waals surface area contributed by atoms with Crippen LogP contribution in [0, 0.1) is 0 Å².